The summed E-state index contributed by atoms with van der Waals surface area (Å²) in [6.45, 7) is 2.62. The summed E-state index contributed by atoms with van der Waals surface area (Å²) in [5.74, 6) is -0.336. The number of aromatic nitrogens is 1. The van der Waals surface area contributed by atoms with E-state index in [1.807, 2.05) is 0 Å². The number of aliphatic hydroxyl groups excluding tert-OH is 1. The Morgan fingerprint density at radius 1 is 0.897 bits per heavy atom. The molecular weight excluding hydrogens is 548 g/mol. The maximum atomic E-state index is 13.7. The van der Waals surface area contributed by atoms with Crippen molar-refractivity contribution in [3.63, 3.8) is 0 Å². The van der Waals surface area contributed by atoms with Crippen molar-refractivity contribution in [1.29, 1.82) is 0 Å². The molecule has 2 aromatic carbocycles. The van der Waals surface area contributed by atoms with Crippen molar-refractivity contribution in [2.75, 3.05) is 37.0 Å². The number of benzene rings is 2. The number of halogens is 7. The first-order chi connectivity index (χ1) is 18.0. The maximum absolute atomic E-state index is 13.7. The van der Waals surface area contributed by atoms with Crippen molar-refractivity contribution in [2.45, 2.75) is 31.6 Å². The third kappa shape index (κ3) is 6.47. The molecule has 3 rings (SSSR count). The maximum Gasteiger partial charge on any atom is 0.416 e. The van der Waals surface area contributed by atoms with Crippen molar-refractivity contribution in [3.8, 4) is 11.1 Å². The van der Waals surface area contributed by atoms with Gasteiger partial charge in [0.05, 0.1) is 35.0 Å². The largest absolute Gasteiger partial charge is 0.416 e. The molecule has 1 aromatic heterocycles. The molecule has 0 atom stereocenters. The van der Waals surface area contributed by atoms with Gasteiger partial charge in [-0.3, -0.25) is 4.79 Å². The summed E-state index contributed by atoms with van der Waals surface area (Å²) in [5.41, 5.74) is -4.08. The van der Waals surface area contributed by atoms with E-state index in [-0.39, 0.29) is 24.9 Å². The second-order valence-corrected chi connectivity index (χ2v) is 9.88. The standard InChI is InChI=1S/C27H26ClF6N3O2/c1-25(2,16-11-17(26(29,30)31)13-18(12-16)27(32,33)34)24(39)37(4)22-15-35-23(36(3)9-10-38)14-20(22)19-7-5-6-8-21(19)28/h5-8,11-15,38H,9-10H2,1-4H3. The molecule has 0 bridgehead atoms. The van der Waals surface area contributed by atoms with Gasteiger partial charge in [0.2, 0.25) is 5.91 Å². The molecule has 1 amide bonds. The van der Waals surface area contributed by atoms with Crippen LogP contribution in [0.3, 0.4) is 0 Å². The van der Waals surface area contributed by atoms with E-state index in [1.165, 1.54) is 27.1 Å². The molecule has 210 valence electrons. The van der Waals surface area contributed by atoms with Gasteiger partial charge in [-0.2, -0.15) is 26.3 Å². The highest BCUT2D eigenvalue weighted by Crippen LogP contribution is 2.41. The molecule has 0 aliphatic heterocycles. The number of aliphatic hydroxyl groups is 1. The number of hydrogen-bond acceptors (Lipinski definition) is 4. The summed E-state index contributed by atoms with van der Waals surface area (Å²) in [6, 6.07) is 9.52. The molecule has 0 saturated heterocycles. The third-order valence-electron chi connectivity index (χ3n) is 6.37. The summed E-state index contributed by atoms with van der Waals surface area (Å²) in [7, 11) is 3.05. The number of hydrogen-bond donors (Lipinski definition) is 1. The van der Waals surface area contributed by atoms with Crippen LogP contribution in [0.1, 0.15) is 30.5 Å². The van der Waals surface area contributed by atoms with E-state index in [9.17, 15) is 36.2 Å². The van der Waals surface area contributed by atoms with E-state index in [1.54, 1.807) is 42.3 Å². The van der Waals surface area contributed by atoms with Crippen LogP contribution in [-0.2, 0) is 22.6 Å². The fraction of sp³-hybridized carbons (Fsp3) is 0.333. The molecule has 12 heteroatoms. The van der Waals surface area contributed by atoms with Crippen molar-refractivity contribution < 1.29 is 36.2 Å². The van der Waals surface area contributed by atoms with E-state index in [0.717, 1.165) is 4.90 Å². The zero-order valence-electron chi connectivity index (χ0n) is 21.5. The molecule has 1 heterocycles. The van der Waals surface area contributed by atoms with Crippen LogP contribution >= 0.6 is 11.6 Å². The predicted molar refractivity (Wildman–Crippen MR) is 138 cm³/mol. The zero-order chi connectivity index (χ0) is 29.3. The van der Waals surface area contributed by atoms with Gasteiger partial charge in [0.15, 0.2) is 0 Å². The van der Waals surface area contributed by atoms with E-state index in [2.05, 4.69) is 4.98 Å². The fourth-order valence-corrected chi connectivity index (χ4v) is 4.28. The number of carbonyl (C=O) groups excluding carboxylic acids is 1. The number of alkyl halides is 6. The Morgan fingerprint density at radius 2 is 1.44 bits per heavy atom. The summed E-state index contributed by atoms with van der Waals surface area (Å²) in [5, 5.41) is 9.64. The SMILES string of the molecule is CN(CCO)c1cc(-c2ccccc2Cl)c(N(C)C(=O)C(C)(C)c2cc(C(F)(F)F)cc(C(F)(F)F)c2)cn1. The number of rotatable bonds is 7. The molecule has 3 aromatic rings. The minimum atomic E-state index is -5.06. The Morgan fingerprint density at radius 3 is 1.95 bits per heavy atom. The smallest absolute Gasteiger partial charge is 0.395 e. The van der Waals surface area contributed by atoms with E-state index < -0.39 is 40.4 Å². The van der Waals surface area contributed by atoms with Crippen LogP contribution in [-0.4, -0.2) is 43.2 Å². The van der Waals surface area contributed by atoms with Crippen LogP contribution in [0.25, 0.3) is 11.1 Å². The number of pyridine rings is 1. The van der Waals surface area contributed by atoms with Crippen molar-refractivity contribution in [1.82, 2.24) is 4.98 Å². The van der Waals surface area contributed by atoms with E-state index >= 15 is 0 Å². The zero-order valence-corrected chi connectivity index (χ0v) is 22.2. The van der Waals surface area contributed by atoms with Gasteiger partial charge < -0.3 is 14.9 Å². The number of nitrogens with zero attached hydrogens (tertiary/aromatic N) is 3. The van der Waals surface area contributed by atoms with Gasteiger partial charge in [-0.15, -0.1) is 0 Å². The monoisotopic (exact) mass is 573 g/mol. The van der Waals surface area contributed by atoms with Crippen LogP contribution in [0.5, 0.6) is 0 Å². The Kier molecular flexibility index (Phi) is 8.57. The van der Waals surface area contributed by atoms with Gasteiger partial charge >= 0.3 is 12.4 Å². The van der Waals surface area contributed by atoms with E-state index in [0.29, 0.717) is 34.1 Å². The lowest BCUT2D eigenvalue weighted by Gasteiger charge is -2.32. The molecule has 39 heavy (non-hydrogen) atoms. The highest BCUT2D eigenvalue weighted by molar-refractivity contribution is 6.33. The average Bonchev–Trinajstić information content (AvgIpc) is 2.86. The highest BCUT2D eigenvalue weighted by atomic mass is 35.5. The lowest BCUT2D eigenvalue weighted by Crippen LogP contribution is -2.42. The van der Waals surface area contributed by atoms with Gasteiger partial charge in [-0.1, -0.05) is 29.8 Å². The topological polar surface area (TPSA) is 56.7 Å². The molecule has 0 saturated carbocycles. The van der Waals surface area contributed by atoms with Crippen molar-refractivity contribution >= 4 is 29.0 Å². The quantitative estimate of drug-likeness (QED) is 0.316. The second-order valence-electron chi connectivity index (χ2n) is 9.47. The van der Waals surface area contributed by atoms with Crippen LogP contribution < -0.4 is 9.80 Å². The Labute approximate surface area is 226 Å². The first-order valence-corrected chi connectivity index (χ1v) is 12.0. The fourth-order valence-electron chi connectivity index (χ4n) is 4.04. The summed E-state index contributed by atoms with van der Waals surface area (Å²) < 4.78 is 80.9. The van der Waals surface area contributed by atoms with Crippen LogP contribution in [0.2, 0.25) is 5.02 Å². The highest BCUT2D eigenvalue weighted by Gasteiger charge is 2.41. The number of anilines is 2. The molecule has 0 aliphatic rings. The van der Waals surface area contributed by atoms with Crippen LogP contribution in [0.15, 0.2) is 54.7 Å². The second kappa shape index (κ2) is 11.1. The van der Waals surface area contributed by atoms with Gasteiger partial charge in [0.25, 0.3) is 0 Å². The minimum absolute atomic E-state index is 0.0226. The van der Waals surface area contributed by atoms with Crippen LogP contribution in [0.4, 0.5) is 37.8 Å². The van der Waals surface area contributed by atoms with Crippen molar-refractivity contribution in [2.24, 2.45) is 0 Å². The molecule has 0 radical (unpaired) electrons. The summed E-state index contributed by atoms with van der Waals surface area (Å²) in [6.07, 6.45) is -8.75. The first kappa shape index (κ1) is 30.2. The van der Waals surface area contributed by atoms with Gasteiger partial charge in [-0.05, 0) is 49.7 Å². The molecule has 0 unspecified atom stereocenters. The number of likely N-dealkylation sites (N-methyl/N-ethyl adjacent to an activating group) is 2. The molecule has 0 aliphatic carbocycles. The minimum Gasteiger partial charge on any atom is -0.395 e. The Hall–Kier alpha value is -3.31. The predicted octanol–water partition coefficient (Wildman–Crippen LogP) is 6.81. The third-order valence-corrected chi connectivity index (χ3v) is 6.70. The summed E-state index contributed by atoms with van der Waals surface area (Å²) >= 11 is 6.42. The lowest BCUT2D eigenvalue weighted by molar-refractivity contribution is -0.143. The van der Waals surface area contributed by atoms with Gasteiger partial charge in [-0.25, -0.2) is 4.98 Å². The Bertz CT molecular complexity index is 1330. The average molecular weight is 574 g/mol. The van der Waals surface area contributed by atoms with Crippen LogP contribution in [0, 0.1) is 0 Å². The van der Waals surface area contributed by atoms with Gasteiger partial charge in [0, 0.05) is 36.8 Å². The first-order valence-electron chi connectivity index (χ1n) is 11.6. The Balaban J connectivity index is 2.15. The number of carbonyl (C=O) groups is 1. The normalized spacial score (nSPS) is 12.4. The lowest BCUT2D eigenvalue weighted by atomic mass is 9.81. The summed E-state index contributed by atoms with van der Waals surface area (Å²) in [4.78, 5) is 20.9. The molecule has 0 fully saturated rings. The number of amides is 1. The van der Waals surface area contributed by atoms with Crippen molar-refractivity contribution in [3.05, 3.63) is 76.4 Å². The molecule has 5 nitrogen and oxygen atoms in total. The molecular formula is C27H26ClF6N3O2. The molecule has 0 spiro atoms. The van der Waals surface area contributed by atoms with E-state index in [4.69, 9.17) is 11.6 Å². The molecule has 1 N–H and O–H groups in total. The van der Waals surface area contributed by atoms with Gasteiger partial charge in [0.1, 0.15) is 5.82 Å².